The van der Waals surface area contributed by atoms with Crippen molar-refractivity contribution >= 4 is 33.3 Å². The van der Waals surface area contributed by atoms with Gasteiger partial charge in [0.2, 0.25) is 5.95 Å². The molecule has 17 heavy (non-hydrogen) atoms. The van der Waals surface area contributed by atoms with Gasteiger partial charge in [-0.15, -0.1) is 11.3 Å². The number of rotatable bonds is 5. The van der Waals surface area contributed by atoms with Gasteiger partial charge in [0, 0.05) is 13.6 Å². The first-order chi connectivity index (χ1) is 8.24. The van der Waals surface area contributed by atoms with Crippen LogP contribution in [0, 0.1) is 5.92 Å². The van der Waals surface area contributed by atoms with Crippen LogP contribution in [0.3, 0.4) is 0 Å². The lowest BCUT2D eigenvalue weighted by molar-refractivity contribution is 0.593. The summed E-state index contributed by atoms with van der Waals surface area (Å²) >= 11 is 1.64. The van der Waals surface area contributed by atoms with E-state index in [9.17, 15) is 0 Å². The molecule has 0 aliphatic heterocycles. The summed E-state index contributed by atoms with van der Waals surface area (Å²) in [7, 11) is 1.84. The van der Waals surface area contributed by atoms with Crippen LogP contribution < -0.4 is 10.6 Å². The molecular formula is C12H18N4S. The van der Waals surface area contributed by atoms with Gasteiger partial charge in [0.05, 0.1) is 5.39 Å². The summed E-state index contributed by atoms with van der Waals surface area (Å²) in [4.78, 5) is 9.91. The van der Waals surface area contributed by atoms with Crippen LogP contribution in [0.15, 0.2) is 11.4 Å². The minimum Gasteiger partial charge on any atom is -0.369 e. The molecule has 0 saturated heterocycles. The Kier molecular flexibility index (Phi) is 3.78. The largest absolute Gasteiger partial charge is 0.369 e. The highest BCUT2D eigenvalue weighted by molar-refractivity contribution is 7.16. The van der Waals surface area contributed by atoms with Crippen molar-refractivity contribution in [3.63, 3.8) is 0 Å². The molecular weight excluding hydrogens is 232 g/mol. The minimum atomic E-state index is 0.650. The predicted octanol–water partition coefficient (Wildman–Crippen LogP) is 3.19. The third-order valence-corrected chi connectivity index (χ3v) is 3.67. The van der Waals surface area contributed by atoms with Crippen LogP contribution >= 0.6 is 11.3 Å². The molecule has 4 nitrogen and oxygen atoms in total. The summed E-state index contributed by atoms with van der Waals surface area (Å²) in [6, 6.07) is 2.07. The topological polar surface area (TPSA) is 49.8 Å². The monoisotopic (exact) mass is 250 g/mol. The van der Waals surface area contributed by atoms with Crippen molar-refractivity contribution < 1.29 is 0 Å². The maximum atomic E-state index is 4.47. The van der Waals surface area contributed by atoms with Gasteiger partial charge in [0.1, 0.15) is 10.6 Å². The van der Waals surface area contributed by atoms with Gasteiger partial charge < -0.3 is 10.6 Å². The first-order valence-corrected chi connectivity index (χ1v) is 6.79. The molecule has 92 valence electrons. The first-order valence-electron chi connectivity index (χ1n) is 5.91. The van der Waals surface area contributed by atoms with E-state index < -0.39 is 0 Å². The molecule has 0 aliphatic carbocycles. The summed E-state index contributed by atoms with van der Waals surface area (Å²) in [6.07, 6.45) is 1.17. The highest BCUT2D eigenvalue weighted by atomic mass is 32.1. The number of nitrogens with zero attached hydrogens (tertiary/aromatic N) is 2. The van der Waals surface area contributed by atoms with Crippen molar-refractivity contribution in [2.75, 3.05) is 24.2 Å². The molecule has 0 radical (unpaired) electrons. The molecule has 5 heteroatoms. The highest BCUT2D eigenvalue weighted by Crippen LogP contribution is 2.26. The molecule has 2 N–H and O–H groups in total. The Labute approximate surface area is 105 Å². The lowest BCUT2D eigenvalue weighted by Crippen LogP contribution is -2.12. The second kappa shape index (κ2) is 5.31. The number of fused-ring (bicyclic) bond motifs is 1. The summed E-state index contributed by atoms with van der Waals surface area (Å²) < 4.78 is 0. The zero-order valence-corrected chi connectivity index (χ0v) is 11.3. The zero-order chi connectivity index (χ0) is 12.3. The summed E-state index contributed by atoms with van der Waals surface area (Å²) in [6.45, 7) is 5.38. The number of thiophene rings is 1. The van der Waals surface area contributed by atoms with E-state index in [1.54, 1.807) is 11.3 Å². The molecule has 0 saturated carbocycles. The zero-order valence-electron chi connectivity index (χ0n) is 10.4. The number of anilines is 2. The van der Waals surface area contributed by atoms with E-state index in [-0.39, 0.29) is 0 Å². The average molecular weight is 250 g/mol. The molecule has 1 atom stereocenters. The van der Waals surface area contributed by atoms with E-state index in [0.717, 1.165) is 22.6 Å². The molecule has 2 aromatic heterocycles. The fourth-order valence-corrected chi connectivity index (χ4v) is 2.28. The van der Waals surface area contributed by atoms with Crippen LogP contribution in [-0.4, -0.2) is 23.6 Å². The standard InChI is InChI=1S/C12H18N4S/c1-4-8(2)7-14-10-9-5-6-17-11(9)16-12(13-3)15-10/h5-6,8H,4,7H2,1-3H3,(H2,13,14,15,16). The molecule has 0 aliphatic rings. The van der Waals surface area contributed by atoms with Crippen LogP contribution in [0.5, 0.6) is 0 Å². The fourth-order valence-electron chi connectivity index (χ4n) is 1.52. The predicted molar refractivity (Wildman–Crippen MR) is 74.9 cm³/mol. The average Bonchev–Trinajstić information content (AvgIpc) is 2.83. The molecule has 0 spiro atoms. The number of hydrogen-bond acceptors (Lipinski definition) is 5. The van der Waals surface area contributed by atoms with Crippen LogP contribution in [0.4, 0.5) is 11.8 Å². The van der Waals surface area contributed by atoms with Crippen molar-refractivity contribution in [3.8, 4) is 0 Å². The maximum absolute atomic E-state index is 4.47. The molecule has 0 aromatic carbocycles. The Morgan fingerprint density at radius 2 is 2.24 bits per heavy atom. The van der Waals surface area contributed by atoms with Crippen molar-refractivity contribution in [2.45, 2.75) is 20.3 Å². The van der Waals surface area contributed by atoms with E-state index in [1.165, 1.54) is 6.42 Å². The third kappa shape index (κ3) is 2.66. The van der Waals surface area contributed by atoms with E-state index in [4.69, 9.17) is 0 Å². The smallest absolute Gasteiger partial charge is 0.225 e. The lowest BCUT2D eigenvalue weighted by atomic mass is 10.1. The van der Waals surface area contributed by atoms with Gasteiger partial charge in [0.15, 0.2) is 0 Å². The van der Waals surface area contributed by atoms with Crippen molar-refractivity contribution in [1.82, 2.24) is 9.97 Å². The third-order valence-electron chi connectivity index (χ3n) is 2.86. The van der Waals surface area contributed by atoms with Gasteiger partial charge in [-0.05, 0) is 17.4 Å². The number of hydrogen-bond donors (Lipinski definition) is 2. The molecule has 2 heterocycles. The maximum Gasteiger partial charge on any atom is 0.225 e. The lowest BCUT2D eigenvalue weighted by Gasteiger charge is -2.12. The van der Waals surface area contributed by atoms with E-state index in [1.807, 2.05) is 12.4 Å². The van der Waals surface area contributed by atoms with E-state index >= 15 is 0 Å². The molecule has 0 amide bonds. The van der Waals surface area contributed by atoms with Gasteiger partial charge in [0.25, 0.3) is 0 Å². The van der Waals surface area contributed by atoms with Gasteiger partial charge in [-0.25, -0.2) is 4.98 Å². The quantitative estimate of drug-likeness (QED) is 0.855. The summed E-state index contributed by atoms with van der Waals surface area (Å²) in [5.41, 5.74) is 0. The Bertz CT molecular complexity index is 494. The van der Waals surface area contributed by atoms with Gasteiger partial charge in [-0.3, -0.25) is 0 Å². The SMILES string of the molecule is CCC(C)CNc1nc(NC)nc2sccc12. The van der Waals surface area contributed by atoms with Crippen molar-refractivity contribution in [1.29, 1.82) is 0 Å². The van der Waals surface area contributed by atoms with Crippen LogP contribution in [0.25, 0.3) is 10.2 Å². The molecule has 2 rings (SSSR count). The Morgan fingerprint density at radius 1 is 1.41 bits per heavy atom. The molecule has 0 fully saturated rings. The molecule has 0 bridgehead atoms. The summed E-state index contributed by atoms with van der Waals surface area (Å²) in [5, 5.41) is 9.57. The Hall–Kier alpha value is -1.36. The van der Waals surface area contributed by atoms with Crippen molar-refractivity contribution in [3.05, 3.63) is 11.4 Å². The van der Waals surface area contributed by atoms with Crippen LogP contribution in [0.1, 0.15) is 20.3 Å². The van der Waals surface area contributed by atoms with Gasteiger partial charge in [-0.1, -0.05) is 20.3 Å². The normalized spacial score (nSPS) is 12.6. The van der Waals surface area contributed by atoms with Crippen molar-refractivity contribution in [2.24, 2.45) is 5.92 Å². The number of nitrogens with one attached hydrogen (secondary N) is 2. The summed E-state index contributed by atoms with van der Waals surface area (Å²) in [5.74, 6) is 2.25. The van der Waals surface area contributed by atoms with E-state index in [0.29, 0.717) is 11.9 Å². The Balaban J connectivity index is 2.27. The minimum absolute atomic E-state index is 0.650. The van der Waals surface area contributed by atoms with E-state index in [2.05, 4.69) is 40.5 Å². The Morgan fingerprint density at radius 3 is 2.94 bits per heavy atom. The fraction of sp³-hybridized carbons (Fsp3) is 0.500. The van der Waals surface area contributed by atoms with Crippen LogP contribution in [-0.2, 0) is 0 Å². The van der Waals surface area contributed by atoms with Gasteiger partial charge in [-0.2, -0.15) is 4.98 Å². The number of aromatic nitrogens is 2. The molecule has 2 aromatic rings. The second-order valence-electron chi connectivity index (χ2n) is 4.18. The van der Waals surface area contributed by atoms with Crippen LogP contribution in [0.2, 0.25) is 0 Å². The second-order valence-corrected chi connectivity index (χ2v) is 5.07. The molecule has 1 unspecified atom stereocenters. The van der Waals surface area contributed by atoms with Gasteiger partial charge >= 0.3 is 0 Å². The first kappa shape index (κ1) is 12.1. The highest BCUT2D eigenvalue weighted by Gasteiger charge is 2.08.